The topological polar surface area (TPSA) is 73.8 Å². The molecule has 1 aromatic heterocycles. The Kier molecular flexibility index (Phi) is 3.65. The molecule has 0 saturated carbocycles. The molecule has 3 rings (SSSR count). The summed E-state index contributed by atoms with van der Waals surface area (Å²) in [4.78, 5) is 10.8. The molecule has 0 bridgehead atoms. The summed E-state index contributed by atoms with van der Waals surface area (Å²) in [6, 6.07) is 14.9. The number of aromatic nitrogens is 3. The molecule has 0 aliphatic carbocycles. The third-order valence-electron chi connectivity index (χ3n) is 3.43. The predicted molar refractivity (Wildman–Crippen MR) is 82.4 cm³/mol. The quantitative estimate of drug-likeness (QED) is 0.547. The van der Waals surface area contributed by atoms with Gasteiger partial charge in [-0.3, -0.25) is 10.1 Å². The summed E-state index contributed by atoms with van der Waals surface area (Å²) in [7, 11) is 0. The molecule has 0 fully saturated rings. The van der Waals surface area contributed by atoms with Crippen molar-refractivity contribution in [2.24, 2.45) is 0 Å². The first-order valence-corrected chi connectivity index (χ1v) is 6.83. The highest BCUT2D eigenvalue weighted by Gasteiger charge is 2.19. The summed E-state index contributed by atoms with van der Waals surface area (Å²) < 4.78 is 1.68. The van der Waals surface area contributed by atoms with Crippen molar-refractivity contribution in [3.8, 4) is 11.3 Å². The minimum absolute atomic E-state index is 0.0479. The van der Waals surface area contributed by atoms with Gasteiger partial charge in [0.25, 0.3) is 5.69 Å². The largest absolute Gasteiger partial charge is 0.279 e. The Morgan fingerprint density at radius 3 is 2.64 bits per heavy atom. The number of nitro groups is 1. The highest BCUT2D eigenvalue weighted by molar-refractivity contribution is 5.73. The molecule has 1 heterocycles. The van der Waals surface area contributed by atoms with E-state index in [-0.39, 0.29) is 5.69 Å². The van der Waals surface area contributed by atoms with Crippen LogP contribution in [0.5, 0.6) is 0 Å². The maximum absolute atomic E-state index is 11.2. The van der Waals surface area contributed by atoms with E-state index in [4.69, 9.17) is 0 Å². The van der Waals surface area contributed by atoms with Crippen LogP contribution in [-0.4, -0.2) is 19.9 Å². The molecule has 3 aromatic rings. The van der Waals surface area contributed by atoms with Crippen LogP contribution in [-0.2, 0) is 6.54 Å². The Balaban J connectivity index is 1.96. The summed E-state index contributed by atoms with van der Waals surface area (Å²) in [5.41, 5.74) is 2.98. The zero-order valence-electron chi connectivity index (χ0n) is 12.0. The van der Waals surface area contributed by atoms with Crippen LogP contribution in [0, 0.1) is 17.0 Å². The SMILES string of the molecule is Cc1cccc([N+](=O)[O-])c1-c1cn(Cc2ccccc2)nn1. The molecule has 0 amide bonds. The van der Waals surface area contributed by atoms with Gasteiger partial charge in [0.05, 0.1) is 23.2 Å². The average molecular weight is 294 g/mol. The van der Waals surface area contributed by atoms with Crippen molar-refractivity contribution in [1.29, 1.82) is 0 Å². The van der Waals surface area contributed by atoms with Crippen molar-refractivity contribution in [2.45, 2.75) is 13.5 Å². The van der Waals surface area contributed by atoms with Crippen LogP contribution in [0.4, 0.5) is 5.69 Å². The second-order valence-corrected chi connectivity index (χ2v) is 5.01. The molecule has 0 saturated heterocycles. The van der Waals surface area contributed by atoms with Crippen LogP contribution in [0.3, 0.4) is 0 Å². The van der Waals surface area contributed by atoms with E-state index in [1.807, 2.05) is 43.3 Å². The van der Waals surface area contributed by atoms with Gasteiger partial charge in [-0.25, -0.2) is 4.68 Å². The summed E-state index contributed by atoms with van der Waals surface area (Å²) in [6.45, 7) is 2.41. The van der Waals surface area contributed by atoms with E-state index < -0.39 is 4.92 Å². The number of aryl methyl sites for hydroxylation is 1. The van der Waals surface area contributed by atoms with Gasteiger partial charge in [-0.05, 0) is 18.1 Å². The van der Waals surface area contributed by atoms with Crippen LogP contribution in [0.1, 0.15) is 11.1 Å². The molecule has 0 spiro atoms. The van der Waals surface area contributed by atoms with Crippen molar-refractivity contribution >= 4 is 5.69 Å². The highest BCUT2D eigenvalue weighted by atomic mass is 16.6. The molecule has 6 heteroatoms. The van der Waals surface area contributed by atoms with Gasteiger partial charge >= 0.3 is 0 Å². The number of benzene rings is 2. The third-order valence-corrected chi connectivity index (χ3v) is 3.43. The molecule has 0 aliphatic rings. The second kappa shape index (κ2) is 5.77. The first-order valence-electron chi connectivity index (χ1n) is 6.83. The average Bonchev–Trinajstić information content (AvgIpc) is 2.96. The van der Waals surface area contributed by atoms with Gasteiger partial charge in [-0.2, -0.15) is 0 Å². The molecule has 0 aliphatic heterocycles. The van der Waals surface area contributed by atoms with E-state index in [0.717, 1.165) is 11.1 Å². The van der Waals surface area contributed by atoms with Crippen LogP contribution in [0.25, 0.3) is 11.3 Å². The summed E-state index contributed by atoms with van der Waals surface area (Å²) >= 11 is 0. The lowest BCUT2D eigenvalue weighted by molar-refractivity contribution is -0.384. The summed E-state index contributed by atoms with van der Waals surface area (Å²) in [6.07, 6.45) is 1.74. The number of hydrogen-bond acceptors (Lipinski definition) is 4. The standard InChI is InChI=1S/C16H14N4O2/c1-12-6-5-9-15(20(21)22)16(12)14-11-19(18-17-14)10-13-7-3-2-4-8-13/h2-9,11H,10H2,1H3. The maximum atomic E-state index is 11.2. The maximum Gasteiger partial charge on any atom is 0.279 e. The highest BCUT2D eigenvalue weighted by Crippen LogP contribution is 2.31. The lowest BCUT2D eigenvalue weighted by Crippen LogP contribution is -1.99. The first-order chi connectivity index (χ1) is 10.6. The molecular formula is C16H14N4O2. The molecule has 0 radical (unpaired) electrons. The normalized spacial score (nSPS) is 10.6. The summed E-state index contributed by atoms with van der Waals surface area (Å²) in [5, 5.41) is 19.4. The van der Waals surface area contributed by atoms with E-state index in [1.165, 1.54) is 6.07 Å². The molecule has 22 heavy (non-hydrogen) atoms. The van der Waals surface area contributed by atoms with Gasteiger partial charge in [-0.15, -0.1) is 5.10 Å². The Hall–Kier alpha value is -3.02. The van der Waals surface area contributed by atoms with Crippen LogP contribution >= 0.6 is 0 Å². The van der Waals surface area contributed by atoms with Gasteiger partial charge in [-0.1, -0.05) is 47.7 Å². The fraction of sp³-hybridized carbons (Fsp3) is 0.125. The zero-order chi connectivity index (χ0) is 15.5. The lowest BCUT2D eigenvalue weighted by Gasteiger charge is -2.03. The van der Waals surface area contributed by atoms with Gasteiger partial charge in [0.1, 0.15) is 5.69 Å². The molecular weight excluding hydrogens is 280 g/mol. The Morgan fingerprint density at radius 1 is 1.14 bits per heavy atom. The second-order valence-electron chi connectivity index (χ2n) is 5.01. The number of hydrogen-bond donors (Lipinski definition) is 0. The molecule has 6 nitrogen and oxygen atoms in total. The monoisotopic (exact) mass is 294 g/mol. The molecule has 0 atom stereocenters. The molecule has 0 unspecified atom stereocenters. The number of nitro benzene ring substituents is 1. The third kappa shape index (κ3) is 2.71. The Bertz CT molecular complexity index is 812. The van der Waals surface area contributed by atoms with Crippen molar-refractivity contribution < 1.29 is 4.92 Å². The Labute approximate surface area is 127 Å². The fourth-order valence-corrected chi connectivity index (χ4v) is 2.40. The van der Waals surface area contributed by atoms with Crippen LogP contribution in [0.2, 0.25) is 0 Å². The number of rotatable bonds is 4. The lowest BCUT2D eigenvalue weighted by atomic mass is 10.0. The van der Waals surface area contributed by atoms with E-state index in [2.05, 4.69) is 10.3 Å². The number of nitrogens with zero attached hydrogens (tertiary/aromatic N) is 4. The summed E-state index contributed by atoms with van der Waals surface area (Å²) in [5.74, 6) is 0. The van der Waals surface area contributed by atoms with Crippen molar-refractivity contribution in [3.05, 3.63) is 76.0 Å². The van der Waals surface area contributed by atoms with Gasteiger partial charge in [0, 0.05) is 6.07 Å². The molecule has 2 aromatic carbocycles. The predicted octanol–water partition coefficient (Wildman–Crippen LogP) is 3.21. The van der Waals surface area contributed by atoms with Crippen molar-refractivity contribution in [2.75, 3.05) is 0 Å². The van der Waals surface area contributed by atoms with Gasteiger partial charge < -0.3 is 0 Å². The molecule has 110 valence electrons. The zero-order valence-corrected chi connectivity index (χ0v) is 12.0. The Morgan fingerprint density at radius 2 is 1.91 bits per heavy atom. The van der Waals surface area contributed by atoms with Crippen molar-refractivity contribution in [1.82, 2.24) is 15.0 Å². The fourth-order valence-electron chi connectivity index (χ4n) is 2.40. The van der Waals surface area contributed by atoms with Crippen molar-refractivity contribution in [3.63, 3.8) is 0 Å². The molecule has 0 N–H and O–H groups in total. The first kappa shape index (κ1) is 13.9. The minimum atomic E-state index is -0.390. The van der Waals surface area contributed by atoms with E-state index >= 15 is 0 Å². The van der Waals surface area contributed by atoms with Crippen LogP contribution in [0.15, 0.2) is 54.7 Å². The smallest absolute Gasteiger partial charge is 0.258 e. The van der Waals surface area contributed by atoms with E-state index in [9.17, 15) is 10.1 Å². The van der Waals surface area contributed by atoms with Crippen LogP contribution < -0.4 is 0 Å². The van der Waals surface area contributed by atoms with Gasteiger partial charge in [0.15, 0.2) is 0 Å². The minimum Gasteiger partial charge on any atom is -0.258 e. The van der Waals surface area contributed by atoms with E-state index in [0.29, 0.717) is 17.8 Å². The van der Waals surface area contributed by atoms with E-state index in [1.54, 1.807) is 16.9 Å². The van der Waals surface area contributed by atoms with Gasteiger partial charge in [0.2, 0.25) is 0 Å².